The van der Waals surface area contributed by atoms with Gasteiger partial charge in [-0.15, -0.1) is 0 Å². The van der Waals surface area contributed by atoms with Gasteiger partial charge in [0.1, 0.15) is 0 Å². The molecule has 0 saturated heterocycles. The molecule has 1 rings (SSSR count). The zero-order valence-electron chi connectivity index (χ0n) is 11.3. The normalized spacial score (nSPS) is 14.5. The molecule has 0 aromatic heterocycles. The third-order valence-electron chi connectivity index (χ3n) is 3.11. The van der Waals surface area contributed by atoms with Crippen LogP contribution in [0.1, 0.15) is 26.3 Å². The number of thiol groups is 1. The van der Waals surface area contributed by atoms with Crippen LogP contribution in [0.15, 0.2) is 30.3 Å². The van der Waals surface area contributed by atoms with Gasteiger partial charge in [-0.25, -0.2) is 4.79 Å². The Kier molecular flexibility index (Phi) is 4.63. The summed E-state index contributed by atoms with van der Waals surface area (Å²) in [6.45, 7) is 4.68. The fraction of sp³-hybridized carbons (Fsp3) is 0.429. The van der Waals surface area contributed by atoms with Crippen LogP contribution < -0.4 is 5.32 Å². The number of carbonyl (C=O) groups is 2. The van der Waals surface area contributed by atoms with Crippen molar-refractivity contribution in [3.63, 3.8) is 0 Å². The van der Waals surface area contributed by atoms with Crippen molar-refractivity contribution in [1.82, 2.24) is 5.32 Å². The summed E-state index contributed by atoms with van der Waals surface area (Å²) in [5.41, 5.74) is -0.621. The lowest BCUT2D eigenvalue weighted by Gasteiger charge is -2.40. The Morgan fingerprint density at radius 1 is 1.26 bits per heavy atom. The van der Waals surface area contributed by atoms with Crippen LogP contribution in [0.4, 0.5) is 0 Å². The molecule has 0 bridgehead atoms. The fourth-order valence-electron chi connectivity index (χ4n) is 2.01. The average molecular weight is 281 g/mol. The Hall–Kier alpha value is -1.49. The van der Waals surface area contributed by atoms with E-state index < -0.39 is 16.3 Å². The summed E-state index contributed by atoms with van der Waals surface area (Å²) in [6.07, 6.45) is 0.180. The SMILES string of the molecule is CC(=O)N[C@](Cc1ccccc1)(C(=O)O)C(C)(C)S. The molecule has 0 aliphatic rings. The van der Waals surface area contributed by atoms with Crippen LogP contribution in [-0.2, 0) is 16.0 Å². The first-order valence-electron chi connectivity index (χ1n) is 5.97. The molecular formula is C14H19NO3S. The summed E-state index contributed by atoms with van der Waals surface area (Å²) >= 11 is 4.38. The molecule has 2 N–H and O–H groups in total. The van der Waals surface area contributed by atoms with E-state index in [1.165, 1.54) is 6.92 Å². The number of benzene rings is 1. The zero-order chi connectivity index (χ0) is 14.7. The molecule has 1 atom stereocenters. The van der Waals surface area contributed by atoms with Crippen LogP contribution in [-0.4, -0.2) is 27.3 Å². The van der Waals surface area contributed by atoms with E-state index in [-0.39, 0.29) is 12.3 Å². The van der Waals surface area contributed by atoms with Crippen molar-refractivity contribution in [2.24, 2.45) is 0 Å². The predicted molar refractivity (Wildman–Crippen MR) is 77.4 cm³/mol. The van der Waals surface area contributed by atoms with E-state index in [4.69, 9.17) is 0 Å². The van der Waals surface area contributed by atoms with Gasteiger partial charge < -0.3 is 10.4 Å². The molecule has 0 fully saturated rings. The summed E-state index contributed by atoms with van der Waals surface area (Å²) in [7, 11) is 0. The molecule has 0 spiro atoms. The topological polar surface area (TPSA) is 66.4 Å². The van der Waals surface area contributed by atoms with E-state index in [1.807, 2.05) is 30.3 Å². The minimum absolute atomic E-state index is 0.180. The van der Waals surface area contributed by atoms with Crippen molar-refractivity contribution in [3.8, 4) is 0 Å². The molecule has 0 heterocycles. The summed E-state index contributed by atoms with van der Waals surface area (Å²) < 4.78 is -0.916. The van der Waals surface area contributed by atoms with E-state index >= 15 is 0 Å². The van der Waals surface area contributed by atoms with Gasteiger partial charge in [0, 0.05) is 18.1 Å². The lowest BCUT2D eigenvalue weighted by Crippen LogP contribution is -2.65. The minimum Gasteiger partial charge on any atom is -0.479 e. The van der Waals surface area contributed by atoms with Crippen LogP contribution in [0.2, 0.25) is 0 Å². The highest BCUT2D eigenvalue weighted by Crippen LogP contribution is 2.32. The number of amides is 1. The van der Waals surface area contributed by atoms with E-state index in [0.717, 1.165) is 5.56 Å². The first kappa shape index (κ1) is 15.6. The van der Waals surface area contributed by atoms with Crippen molar-refractivity contribution in [1.29, 1.82) is 0 Å². The highest BCUT2D eigenvalue weighted by atomic mass is 32.1. The van der Waals surface area contributed by atoms with E-state index in [1.54, 1.807) is 13.8 Å². The van der Waals surface area contributed by atoms with Gasteiger partial charge >= 0.3 is 5.97 Å². The van der Waals surface area contributed by atoms with Gasteiger partial charge in [-0.3, -0.25) is 4.79 Å². The Labute approximate surface area is 118 Å². The second-order valence-electron chi connectivity index (χ2n) is 5.11. The molecule has 4 nitrogen and oxygen atoms in total. The van der Waals surface area contributed by atoms with Crippen LogP contribution in [0.5, 0.6) is 0 Å². The highest BCUT2D eigenvalue weighted by molar-refractivity contribution is 7.81. The maximum atomic E-state index is 11.7. The number of carboxylic acids is 1. The molecule has 0 saturated carbocycles. The van der Waals surface area contributed by atoms with Crippen molar-refractivity contribution in [2.75, 3.05) is 0 Å². The van der Waals surface area contributed by atoms with Gasteiger partial charge in [-0.1, -0.05) is 30.3 Å². The fourth-order valence-corrected chi connectivity index (χ4v) is 2.24. The Morgan fingerprint density at radius 2 is 1.79 bits per heavy atom. The predicted octanol–water partition coefficient (Wildman–Crippen LogP) is 1.90. The Morgan fingerprint density at radius 3 is 2.16 bits per heavy atom. The van der Waals surface area contributed by atoms with Crippen LogP contribution in [0, 0.1) is 0 Å². The molecule has 0 radical (unpaired) electrons. The van der Waals surface area contributed by atoms with E-state index in [9.17, 15) is 14.7 Å². The van der Waals surface area contributed by atoms with Gasteiger partial charge in [0.15, 0.2) is 5.54 Å². The quantitative estimate of drug-likeness (QED) is 0.722. The van der Waals surface area contributed by atoms with Crippen molar-refractivity contribution >= 4 is 24.5 Å². The van der Waals surface area contributed by atoms with Crippen molar-refractivity contribution < 1.29 is 14.7 Å². The molecule has 5 heteroatoms. The van der Waals surface area contributed by atoms with Gasteiger partial charge in [-0.2, -0.15) is 12.6 Å². The van der Waals surface area contributed by atoms with Crippen LogP contribution >= 0.6 is 12.6 Å². The van der Waals surface area contributed by atoms with Crippen LogP contribution in [0.3, 0.4) is 0 Å². The van der Waals surface area contributed by atoms with Gasteiger partial charge in [0.25, 0.3) is 0 Å². The third kappa shape index (κ3) is 3.50. The molecule has 0 unspecified atom stereocenters. The molecule has 19 heavy (non-hydrogen) atoms. The summed E-state index contributed by atoms with van der Waals surface area (Å²) in [4.78, 5) is 23.1. The molecule has 1 aromatic rings. The number of hydrogen-bond acceptors (Lipinski definition) is 3. The first-order chi connectivity index (χ1) is 8.69. The largest absolute Gasteiger partial charge is 0.479 e. The second-order valence-corrected chi connectivity index (χ2v) is 6.23. The monoisotopic (exact) mass is 281 g/mol. The zero-order valence-corrected chi connectivity index (χ0v) is 12.2. The first-order valence-corrected chi connectivity index (χ1v) is 6.42. The number of carboxylic acid groups (broad SMARTS) is 1. The molecule has 1 aromatic carbocycles. The third-order valence-corrected chi connectivity index (χ3v) is 3.49. The second kappa shape index (κ2) is 5.65. The van der Waals surface area contributed by atoms with Crippen LogP contribution in [0.25, 0.3) is 0 Å². The molecular weight excluding hydrogens is 262 g/mol. The smallest absolute Gasteiger partial charge is 0.331 e. The highest BCUT2D eigenvalue weighted by Gasteiger charge is 2.50. The maximum Gasteiger partial charge on any atom is 0.331 e. The molecule has 1 amide bonds. The summed E-state index contributed by atoms with van der Waals surface area (Å²) in [5, 5.41) is 12.2. The number of hydrogen-bond donors (Lipinski definition) is 3. The molecule has 0 aliphatic heterocycles. The lowest BCUT2D eigenvalue weighted by atomic mass is 9.79. The number of rotatable bonds is 5. The van der Waals surface area contributed by atoms with Gasteiger partial charge in [-0.05, 0) is 19.4 Å². The Balaban J connectivity index is 3.24. The number of carbonyl (C=O) groups excluding carboxylic acids is 1. The Bertz CT molecular complexity index is 467. The lowest BCUT2D eigenvalue weighted by molar-refractivity contribution is -0.148. The number of nitrogens with one attached hydrogen (secondary N) is 1. The van der Waals surface area contributed by atoms with Crippen molar-refractivity contribution in [3.05, 3.63) is 35.9 Å². The molecule has 0 aliphatic carbocycles. The van der Waals surface area contributed by atoms with Gasteiger partial charge in [0.05, 0.1) is 0 Å². The number of aliphatic carboxylic acids is 1. The molecule has 104 valence electrons. The summed E-state index contributed by atoms with van der Waals surface area (Å²) in [5.74, 6) is -1.48. The summed E-state index contributed by atoms with van der Waals surface area (Å²) in [6, 6.07) is 9.19. The van der Waals surface area contributed by atoms with Gasteiger partial charge in [0.2, 0.25) is 5.91 Å². The standard InChI is InChI=1S/C14H19NO3S/c1-10(16)15-14(12(17)18,13(2,3)19)9-11-7-5-4-6-8-11/h4-8,19H,9H2,1-3H3,(H,15,16)(H,17,18)/t14-/m1/s1. The van der Waals surface area contributed by atoms with E-state index in [0.29, 0.717) is 0 Å². The average Bonchev–Trinajstić information content (AvgIpc) is 2.27. The van der Waals surface area contributed by atoms with Crippen molar-refractivity contribution in [2.45, 2.75) is 37.5 Å². The maximum absolute atomic E-state index is 11.7. The minimum atomic E-state index is -1.46. The van der Waals surface area contributed by atoms with E-state index in [2.05, 4.69) is 17.9 Å².